The summed E-state index contributed by atoms with van der Waals surface area (Å²) in [5, 5.41) is 0.761. The number of fused-ring (bicyclic) bond motifs is 3. The number of hydrogen-bond donors (Lipinski definition) is 1. The highest BCUT2D eigenvalue weighted by Gasteiger charge is 2.67. The fraction of sp³-hybridized carbons (Fsp3) is 0.571. The highest BCUT2D eigenvalue weighted by molar-refractivity contribution is 7.90. The lowest BCUT2D eigenvalue weighted by Crippen LogP contribution is -2.70. The number of benzene rings is 2. The van der Waals surface area contributed by atoms with Crippen molar-refractivity contribution in [2.24, 2.45) is 28.9 Å². The van der Waals surface area contributed by atoms with Crippen LogP contribution in [0.5, 0.6) is 5.75 Å². The summed E-state index contributed by atoms with van der Waals surface area (Å²) in [4.78, 5) is 16.6. The Morgan fingerprint density at radius 1 is 1.23 bits per heavy atom. The fourth-order valence-electron chi connectivity index (χ4n) is 8.59. The van der Waals surface area contributed by atoms with Crippen molar-refractivity contribution in [3.05, 3.63) is 64.7 Å². The van der Waals surface area contributed by atoms with Crippen LogP contribution in [0.1, 0.15) is 56.6 Å². The average molecular weight is 640 g/mol. The number of aryl methyl sites for hydroxylation is 1. The van der Waals surface area contributed by atoms with Gasteiger partial charge < -0.3 is 20.3 Å². The van der Waals surface area contributed by atoms with Gasteiger partial charge in [0, 0.05) is 41.7 Å². The monoisotopic (exact) mass is 639 g/mol. The zero-order chi connectivity index (χ0) is 31.4. The summed E-state index contributed by atoms with van der Waals surface area (Å²) in [6, 6.07) is 11.9. The maximum atomic E-state index is 12.7. The quantitative estimate of drug-likeness (QED) is 0.339. The van der Waals surface area contributed by atoms with E-state index in [2.05, 4.69) is 48.2 Å². The topological polar surface area (TPSA) is 92.9 Å². The molecule has 3 fully saturated rings. The van der Waals surface area contributed by atoms with Gasteiger partial charge in [0.2, 0.25) is 5.91 Å². The third-order valence-electron chi connectivity index (χ3n) is 11.0. The molecule has 9 heteroatoms. The van der Waals surface area contributed by atoms with E-state index in [-0.39, 0.29) is 22.7 Å². The summed E-state index contributed by atoms with van der Waals surface area (Å²) in [6.45, 7) is 4.07. The molecule has 0 radical (unpaired) electrons. The Morgan fingerprint density at radius 2 is 2.00 bits per heavy atom. The lowest BCUT2D eigenvalue weighted by molar-refractivity contribution is -0.202. The first kappa shape index (κ1) is 31.4. The van der Waals surface area contributed by atoms with Crippen LogP contribution < -0.4 is 15.4 Å². The number of amides is 1. The number of hydrogen-bond acceptors (Lipinski definition) is 6. The first-order valence-electron chi connectivity index (χ1n) is 16.0. The minimum absolute atomic E-state index is 0.128. The van der Waals surface area contributed by atoms with Crippen LogP contribution >= 0.6 is 11.6 Å². The number of halogens is 1. The predicted molar refractivity (Wildman–Crippen MR) is 176 cm³/mol. The Morgan fingerprint density at radius 3 is 2.66 bits per heavy atom. The molecule has 2 bridgehead atoms. The zero-order valence-corrected chi connectivity index (χ0v) is 28.0. The van der Waals surface area contributed by atoms with Crippen LogP contribution in [0.4, 0.5) is 5.69 Å². The highest BCUT2D eigenvalue weighted by Crippen LogP contribution is 2.71. The van der Waals surface area contributed by atoms with E-state index in [0.717, 1.165) is 61.7 Å². The van der Waals surface area contributed by atoms with Gasteiger partial charge in [-0.3, -0.25) is 4.79 Å². The van der Waals surface area contributed by atoms with Crippen LogP contribution in [0.3, 0.4) is 0 Å². The van der Waals surface area contributed by atoms with Crippen LogP contribution in [0.25, 0.3) is 0 Å². The molecule has 44 heavy (non-hydrogen) atoms. The largest absolute Gasteiger partial charge is 0.490 e. The molecule has 2 N–H and O–H groups in total. The second-order valence-corrected chi connectivity index (χ2v) is 16.8. The van der Waals surface area contributed by atoms with Crippen molar-refractivity contribution in [1.29, 1.82) is 0 Å². The molecule has 1 amide bonds. The highest BCUT2D eigenvalue weighted by atomic mass is 35.5. The van der Waals surface area contributed by atoms with E-state index in [4.69, 9.17) is 22.1 Å². The number of anilines is 1. The average Bonchev–Trinajstić information content (AvgIpc) is 3.08. The molecular formula is C35H46ClN3O4S. The summed E-state index contributed by atoms with van der Waals surface area (Å²) < 4.78 is 31.9. The number of nitrogens with zero attached hydrogens (tertiary/aromatic N) is 2. The third kappa shape index (κ3) is 5.67. The molecule has 3 saturated carbocycles. The summed E-state index contributed by atoms with van der Waals surface area (Å²) in [5.74, 6) is 1.58. The second kappa shape index (κ2) is 11.7. The maximum Gasteiger partial charge on any atom is 0.220 e. The first-order valence-corrected chi connectivity index (χ1v) is 18.2. The van der Waals surface area contributed by atoms with Crippen molar-refractivity contribution in [2.75, 3.05) is 44.9 Å². The van der Waals surface area contributed by atoms with Gasteiger partial charge in [-0.1, -0.05) is 36.7 Å². The van der Waals surface area contributed by atoms with Crippen LogP contribution in [0, 0.1) is 23.2 Å². The van der Waals surface area contributed by atoms with E-state index >= 15 is 0 Å². The molecule has 0 unspecified atom stereocenters. The standard InChI is InChI=1S/C35H46ClN3O4S/c1-23(33(37)40)8-5-6-10-29(38(2)3)32-25-18-35(32,19-25)21-39-20-34(15-7-9-24-16-26(36)11-13-28(24)34)22-43-31-14-12-27(17-30(31)39)44(4,41)42/h6,10-14,16-17,23,25,29,32H,5,7-9,15,18-22H2,1-4H3,(H2,37,40)/b10-6+/t23-,25?,29+,32+,34+,35?/m1/s1. The van der Waals surface area contributed by atoms with Crippen molar-refractivity contribution >= 4 is 33.0 Å². The molecule has 2 aromatic rings. The van der Waals surface area contributed by atoms with Gasteiger partial charge in [0.05, 0.1) is 17.2 Å². The predicted octanol–water partition coefficient (Wildman–Crippen LogP) is 5.63. The number of carbonyl (C=O) groups is 1. The Bertz CT molecular complexity index is 1570. The molecule has 7 nitrogen and oxygen atoms in total. The van der Waals surface area contributed by atoms with Crippen LogP contribution in [-0.4, -0.2) is 65.3 Å². The van der Waals surface area contributed by atoms with E-state index in [9.17, 15) is 13.2 Å². The summed E-state index contributed by atoms with van der Waals surface area (Å²) in [7, 11) is 0.918. The molecule has 1 spiro atoms. The van der Waals surface area contributed by atoms with Crippen molar-refractivity contribution in [2.45, 2.75) is 68.2 Å². The van der Waals surface area contributed by atoms with Crippen molar-refractivity contribution in [1.82, 2.24) is 4.90 Å². The Balaban J connectivity index is 1.33. The SMILES string of the molecule is C[C@H](CC/C=C/[C@@H]([C@@H]1C2CC1(CN1C[C@@]3(CCCc4cc(Cl)ccc43)COc3ccc(S(C)(=O)=O)cc31)C2)N(C)C)C(N)=O. The molecule has 4 atom stereocenters. The van der Waals surface area contributed by atoms with Gasteiger partial charge in [-0.15, -0.1) is 0 Å². The summed E-state index contributed by atoms with van der Waals surface area (Å²) in [5.41, 5.74) is 8.89. The van der Waals surface area contributed by atoms with Gasteiger partial charge in [-0.2, -0.15) is 0 Å². The van der Waals surface area contributed by atoms with E-state index in [1.165, 1.54) is 30.2 Å². The number of likely N-dealkylation sites (N-methyl/N-ethyl adjacent to an activating group) is 1. The molecule has 0 saturated heterocycles. The molecule has 1 heterocycles. The number of rotatable bonds is 10. The van der Waals surface area contributed by atoms with Gasteiger partial charge in [-0.25, -0.2) is 8.42 Å². The van der Waals surface area contributed by atoms with Crippen molar-refractivity contribution in [3.63, 3.8) is 0 Å². The summed E-state index contributed by atoms with van der Waals surface area (Å²) >= 11 is 6.43. The van der Waals surface area contributed by atoms with Gasteiger partial charge in [0.1, 0.15) is 5.75 Å². The molecule has 7 rings (SSSR count). The minimum atomic E-state index is -3.39. The minimum Gasteiger partial charge on any atom is -0.490 e. The lowest BCUT2D eigenvalue weighted by Gasteiger charge is -2.72. The van der Waals surface area contributed by atoms with Crippen molar-refractivity contribution in [3.8, 4) is 5.75 Å². The summed E-state index contributed by atoms with van der Waals surface area (Å²) in [6.07, 6.45) is 12.9. The van der Waals surface area contributed by atoms with Gasteiger partial charge in [-0.05, 0) is 118 Å². The first-order chi connectivity index (χ1) is 20.8. The van der Waals surface area contributed by atoms with Crippen LogP contribution in [0.15, 0.2) is 53.4 Å². The Kier molecular flexibility index (Phi) is 8.34. The van der Waals surface area contributed by atoms with E-state index in [1.807, 2.05) is 25.1 Å². The molecule has 2 aromatic carbocycles. The number of sulfone groups is 1. The van der Waals surface area contributed by atoms with E-state index in [1.54, 1.807) is 6.07 Å². The maximum absolute atomic E-state index is 12.7. The van der Waals surface area contributed by atoms with Crippen LogP contribution in [0.2, 0.25) is 5.02 Å². The number of ether oxygens (including phenoxy) is 1. The molecular weight excluding hydrogens is 594 g/mol. The molecule has 1 aliphatic heterocycles. The normalized spacial score (nSPS) is 28.8. The number of primary amides is 1. The molecule has 0 aromatic heterocycles. The van der Waals surface area contributed by atoms with Gasteiger partial charge >= 0.3 is 0 Å². The number of carbonyl (C=O) groups excluding carboxylic acids is 1. The Hall–Kier alpha value is -2.55. The molecule has 238 valence electrons. The van der Waals surface area contributed by atoms with Crippen molar-refractivity contribution < 1.29 is 17.9 Å². The van der Waals surface area contributed by atoms with E-state index in [0.29, 0.717) is 29.4 Å². The van der Waals surface area contributed by atoms with E-state index < -0.39 is 9.84 Å². The molecule has 4 aliphatic carbocycles. The van der Waals surface area contributed by atoms with Gasteiger partial charge in [0.15, 0.2) is 9.84 Å². The number of allylic oxidation sites excluding steroid dienone is 1. The molecule has 5 aliphatic rings. The van der Waals surface area contributed by atoms with Crippen LogP contribution in [-0.2, 0) is 26.5 Å². The smallest absolute Gasteiger partial charge is 0.220 e. The number of nitrogens with two attached hydrogens (primary N) is 1. The van der Waals surface area contributed by atoms with Gasteiger partial charge in [0.25, 0.3) is 0 Å². The second-order valence-electron chi connectivity index (χ2n) is 14.3. The lowest BCUT2D eigenvalue weighted by atomic mass is 9.35. The third-order valence-corrected chi connectivity index (χ3v) is 12.4. The fourth-order valence-corrected chi connectivity index (χ4v) is 9.42. The zero-order valence-electron chi connectivity index (χ0n) is 26.4. The Labute approximate surface area is 267 Å².